The van der Waals surface area contributed by atoms with Crippen molar-refractivity contribution in [2.24, 2.45) is 0 Å². The van der Waals surface area contributed by atoms with E-state index in [9.17, 15) is 13.2 Å². The normalized spacial score (nSPS) is 18.1. The van der Waals surface area contributed by atoms with Gasteiger partial charge in [-0.2, -0.15) is 4.31 Å². The van der Waals surface area contributed by atoms with Crippen LogP contribution in [0.15, 0.2) is 58.1 Å². The van der Waals surface area contributed by atoms with Crippen LogP contribution in [0.4, 0.5) is 5.13 Å². The van der Waals surface area contributed by atoms with E-state index < -0.39 is 16.1 Å². The molecule has 3 heterocycles. The fourth-order valence-electron chi connectivity index (χ4n) is 4.64. The van der Waals surface area contributed by atoms with Crippen LogP contribution >= 0.6 is 22.7 Å². The highest BCUT2D eigenvalue weighted by molar-refractivity contribution is 7.91. The van der Waals surface area contributed by atoms with Crippen LogP contribution in [0.5, 0.6) is 0 Å². The van der Waals surface area contributed by atoms with Gasteiger partial charge in [0.1, 0.15) is 10.3 Å². The summed E-state index contributed by atoms with van der Waals surface area (Å²) in [6.07, 6.45) is 2.07. The molecule has 2 aromatic heterocycles. The summed E-state index contributed by atoms with van der Waals surface area (Å²) in [5.41, 5.74) is 3.08. The zero-order valence-electron chi connectivity index (χ0n) is 16.9. The van der Waals surface area contributed by atoms with Gasteiger partial charge in [0.05, 0.1) is 10.6 Å². The second-order valence-electron chi connectivity index (χ2n) is 7.95. The van der Waals surface area contributed by atoms with Gasteiger partial charge in [-0.25, -0.2) is 13.4 Å². The Morgan fingerprint density at radius 1 is 1.06 bits per heavy atom. The number of anilines is 1. The summed E-state index contributed by atoms with van der Waals surface area (Å²) in [7, 11) is -3.69. The van der Waals surface area contributed by atoms with Gasteiger partial charge in [0.2, 0.25) is 5.91 Å². The third kappa shape index (κ3) is 3.03. The Labute approximate surface area is 193 Å². The van der Waals surface area contributed by atoms with E-state index >= 15 is 0 Å². The quantitative estimate of drug-likeness (QED) is 0.383. The molecule has 9 heteroatoms. The molecule has 1 aliphatic heterocycles. The number of hydrogen-bond donors (Lipinski definition) is 1. The number of thiophene rings is 1. The molecule has 1 saturated heterocycles. The number of carbonyl (C=O) groups excluding carboxylic acids is 1. The molecule has 0 spiro atoms. The zero-order valence-corrected chi connectivity index (χ0v) is 19.4. The Morgan fingerprint density at radius 2 is 1.88 bits per heavy atom. The van der Waals surface area contributed by atoms with Crippen molar-refractivity contribution >= 4 is 54.5 Å². The van der Waals surface area contributed by atoms with Crippen LogP contribution in [0.25, 0.3) is 32.5 Å². The predicted octanol–water partition coefficient (Wildman–Crippen LogP) is 5.19. The summed E-state index contributed by atoms with van der Waals surface area (Å²) in [6.45, 7) is 0.349. The molecule has 162 valence electrons. The van der Waals surface area contributed by atoms with Crippen molar-refractivity contribution in [3.8, 4) is 21.7 Å². The molecule has 32 heavy (non-hydrogen) atoms. The van der Waals surface area contributed by atoms with Crippen molar-refractivity contribution < 1.29 is 13.2 Å². The van der Waals surface area contributed by atoms with E-state index in [0.717, 1.165) is 34.5 Å². The lowest BCUT2D eigenvalue weighted by Crippen LogP contribution is -2.49. The largest absolute Gasteiger partial charge is 0.301 e. The number of fused-ring (bicyclic) bond motifs is 3. The van der Waals surface area contributed by atoms with Crippen LogP contribution in [0, 0.1) is 0 Å². The predicted molar refractivity (Wildman–Crippen MR) is 129 cm³/mol. The lowest BCUT2D eigenvalue weighted by molar-refractivity contribution is -0.120. The Balaban J connectivity index is 1.30. The summed E-state index contributed by atoms with van der Waals surface area (Å²) in [6, 6.07) is 14.9. The minimum atomic E-state index is -3.69. The first kappa shape index (κ1) is 20.0. The summed E-state index contributed by atoms with van der Waals surface area (Å²) in [4.78, 5) is 19.0. The molecule has 1 atom stereocenters. The van der Waals surface area contributed by atoms with E-state index in [-0.39, 0.29) is 10.1 Å². The number of aromatic nitrogens is 1. The molecule has 6 rings (SSSR count). The molecule has 0 bridgehead atoms. The molecule has 4 aromatic rings. The lowest BCUT2D eigenvalue weighted by atomic mass is 10.0. The highest BCUT2D eigenvalue weighted by Gasteiger charge is 2.38. The van der Waals surface area contributed by atoms with E-state index in [1.54, 1.807) is 17.5 Å². The van der Waals surface area contributed by atoms with Gasteiger partial charge in [0.15, 0.2) is 5.13 Å². The maximum absolute atomic E-state index is 13.2. The second kappa shape index (κ2) is 7.48. The van der Waals surface area contributed by atoms with Crippen LogP contribution in [0.1, 0.15) is 19.3 Å². The summed E-state index contributed by atoms with van der Waals surface area (Å²) < 4.78 is 27.9. The van der Waals surface area contributed by atoms with E-state index in [1.165, 1.54) is 37.8 Å². The van der Waals surface area contributed by atoms with Crippen molar-refractivity contribution in [2.45, 2.75) is 29.5 Å². The summed E-state index contributed by atoms with van der Waals surface area (Å²) >= 11 is 2.62. The number of piperidine rings is 1. The molecule has 1 unspecified atom stereocenters. The number of amides is 1. The van der Waals surface area contributed by atoms with Crippen LogP contribution in [0.2, 0.25) is 0 Å². The van der Waals surface area contributed by atoms with E-state index in [1.807, 2.05) is 12.1 Å². The number of benzene rings is 2. The fourth-order valence-corrected chi connectivity index (χ4v) is 8.43. The number of sulfonamides is 1. The van der Waals surface area contributed by atoms with Crippen molar-refractivity contribution in [1.82, 2.24) is 9.29 Å². The van der Waals surface area contributed by atoms with Gasteiger partial charge in [0, 0.05) is 17.7 Å². The Morgan fingerprint density at radius 3 is 2.66 bits per heavy atom. The third-order valence-electron chi connectivity index (χ3n) is 6.08. The summed E-state index contributed by atoms with van der Waals surface area (Å²) in [5.74, 6) is -0.316. The first-order valence-electron chi connectivity index (χ1n) is 10.4. The standard InChI is InChI=1S/C23H19N3O3S3/c27-22(17-10-1-2-12-26(17)32(28,29)18-11-5-13-30-18)25-23-24-20-15-8-3-6-14-7-4-9-16(19(14)15)21(20)31-23/h3-9,11,13,17H,1-2,10,12H2,(H,24,25,27). The van der Waals surface area contributed by atoms with Crippen molar-refractivity contribution in [1.29, 1.82) is 0 Å². The number of thiazole rings is 1. The molecule has 0 radical (unpaired) electrons. The Bertz CT molecular complexity index is 1400. The highest BCUT2D eigenvalue weighted by Crippen LogP contribution is 2.50. The molecule has 1 fully saturated rings. The summed E-state index contributed by atoms with van der Waals surface area (Å²) in [5, 5.41) is 7.53. The molecule has 6 nitrogen and oxygen atoms in total. The molecule has 2 aromatic carbocycles. The molecule has 1 N–H and O–H groups in total. The third-order valence-corrected chi connectivity index (χ3v) is 10.4. The number of nitrogens with one attached hydrogen (secondary N) is 1. The van der Waals surface area contributed by atoms with Crippen molar-refractivity contribution in [3.63, 3.8) is 0 Å². The molecule has 0 saturated carbocycles. The van der Waals surface area contributed by atoms with E-state index in [4.69, 9.17) is 4.98 Å². The highest BCUT2D eigenvalue weighted by atomic mass is 32.2. The minimum absolute atomic E-state index is 0.273. The van der Waals surface area contributed by atoms with Crippen LogP contribution < -0.4 is 5.32 Å². The van der Waals surface area contributed by atoms with Crippen molar-refractivity contribution in [2.75, 3.05) is 11.9 Å². The van der Waals surface area contributed by atoms with Gasteiger partial charge in [-0.15, -0.1) is 11.3 Å². The van der Waals surface area contributed by atoms with E-state index in [2.05, 4.69) is 29.6 Å². The average molecular weight is 482 g/mol. The smallest absolute Gasteiger partial charge is 0.253 e. The fraction of sp³-hybridized carbons (Fsp3) is 0.217. The van der Waals surface area contributed by atoms with Crippen LogP contribution in [-0.2, 0) is 14.8 Å². The number of rotatable bonds is 4. The van der Waals surface area contributed by atoms with Gasteiger partial charge >= 0.3 is 0 Å². The number of nitrogens with zero attached hydrogens (tertiary/aromatic N) is 2. The molecule has 1 amide bonds. The minimum Gasteiger partial charge on any atom is -0.301 e. The van der Waals surface area contributed by atoms with Gasteiger partial charge in [-0.3, -0.25) is 4.79 Å². The van der Waals surface area contributed by atoms with Gasteiger partial charge < -0.3 is 5.32 Å². The zero-order chi connectivity index (χ0) is 21.9. The maximum Gasteiger partial charge on any atom is 0.253 e. The first-order valence-corrected chi connectivity index (χ1v) is 13.6. The number of carbonyl (C=O) groups is 1. The van der Waals surface area contributed by atoms with Crippen LogP contribution in [-0.4, -0.2) is 36.2 Å². The van der Waals surface area contributed by atoms with Gasteiger partial charge in [-0.1, -0.05) is 60.2 Å². The first-order chi connectivity index (χ1) is 15.5. The lowest BCUT2D eigenvalue weighted by Gasteiger charge is -2.32. The van der Waals surface area contributed by atoms with Gasteiger partial charge in [-0.05, 0) is 35.1 Å². The maximum atomic E-state index is 13.2. The molecular formula is C23H19N3O3S3. The topological polar surface area (TPSA) is 79.4 Å². The Kier molecular flexibility index (Phi) is 4.69. The molecular weight excluding hydrogens is 462 g/mol. The molecule has 1 aliphatic carbocycles. The number of hydrogen-bond acceptors (Lipinski definition) is 6. The monoisotopic (exact) mass is 481 g/mol. The average Bonchev–Trinajstić information content (AvgIpc) is 3.54. The Hall–Kier alpha value is -2.59. The second-order valence-corrected chi connectivity index (χ2v) is 12.0. The van der Waals surface area contributed by atoms with Gasteiger partial charge in [0.25, 0.3) is 10.0 Å². The molecule has 2 aliphatic rings. The SMILES string of the molecule is O=C(Nc1nc2c(s1)-c1cccc3cccc-2c13)C1CCCCN1S(=O)(=O)c1cccs1. The van der Waals surface area contributed by atoms with Crippen molar-refractivity contribution in [3.05, 3.63) is 53.9 Å². The van der Waals surface area contributed by atoms with Crippen LogP contribution in [0.3, 0.4) is 0 Å². The van der Waals surface area contributed by atoms with E-state index in [0.29, 0.717) is 18.1 Å².